The van der Waals surface area contributed by atoms with E-state index in [1.807, 2.05) is 20.8 Å². The van der Waals surface area contributed by atoms with Crippen LogP contribution < -0.4 is 0 Å². The molecule has 2 heterocycles. The fraction of sp³-hybridized carbons (Fsp3) is 0.864. The van der Waals surface area contributed by atoms with Crippen molar-refractivity contribution in [3.63, 3.8) is 0 Å². The second-order valence-corrected chi connectivity index (χ2v) is 9.38. The summed E-state index contributed by atoms with van der Waals surface area (Å²) in [5.74, 6) is -0.0587. The molecular formula is C22H38O4. The molecule has 2 fully saturated rings. The first-order valence-corrected chi connectivity index (χ1v) is 10.2. The Morgan fingerprint density at radius 3 is 2.46 bits per heavy atom. The van der Waals surface area contributed by atoms with Crippen LogP contribution in [0.1, 0.15) is 74.1 Å². The van der Waals surface area contributed by atoms with Gasteiger partial charge in [-0.1, -0.05) is 47.6 Å². The molecule has 4 heteroatoms. The van der Waals surface area contributed by atoms with E-state index in [1.165, 1.54) is 0 Å². The summed E-state index contributed by atoms with van der Waals surface area (Å²) >= 11 is 0. The van der Waals surface area contributed by atoms with E-state index < -0.39 is 11.7 Å². The van der Waals surface area contributed by atoms with Gasteiger partial charge >= 0.3 is 5.97 Å². The molecule has 2 aliphatic heterocycles. The van der Waals surface area contributed by atoms with Gasteiger partial charge in [-0.15, -0.1) is 0 Å². The summed E-state index contributed by atoms with van der Waals surface area (Å²) in [4.78, 5) is 12.8. The highest BCUT2D eigenvalue weighted by Gasteiger charge is 2.51. The van der Waals surface area contributed by atoms with Gasteiger partial charge in [0.1, 0.15) is 6.10 Å². The van der Waals surface area contributed by atoms with Gasteiger partial charge in [0.15, 0.2) is 0 Å². The van der Waals surface area contributed by atoms with E-state index in [-0.39, 0.29) is 35.4 Å². The number of cyclic esters (lactones) is 1. The molecule has 0 aromatic carbocycles. The van der Waals surface area contributed by atoms with Crippen molar-refractivity contribution in [1.82, 2.24) is 0 Å². The van der Waals surface area contributed by atoms with Crippen LogP contribution in [0.2, 0.25) is 0 Å². The molecule has 2 bridgehead atoms. The normalized spacial score (nSPS) is 44.2. The minimum atomic E-state index is -1.07. The van der Waals surface area contributed by atoms with Crippen LogP contribution in [-0.4, -0.2) is 34.5 Å². The zero-order valence-electron chi connectivity index (χ0n) is 17.7. The number of carbonyl (C=O) groups is 1. The summed E-state index contributed by atoms with van der Waals surface area (Å²) < 4.78 is 12.5. The maximum atomic E-state index is 12.8. The fourth-order valence-corrected chi connectivity index (χ4v) is 5.18. The summed E-state index contributed by atoms with van der Waals surface area (Å²) in [5, 5.41) is 11.1. The van der Waals surface area contributed by atoms with Gasteiger partial charge in [0, 0.05) is 5.92 Å². The maximum Gasteiger partial charge on any atom is 0.309 e. The maximum absolute atomic E-state index is 12.8. The standard InChI is InChI=1S/C22H38O4/c1-9-10-21(7,24)19-16(5)18-15(4)12-22(8,26-18)17(6)13(2)11-14(3)20(23)25-19/h13-16,18-19,24H,6,9-12H2,1-5,7-8H3/t13-,14+,15?,16-,18?,19+,21+,22+/m0/s1. The van der Waals surface area contributed by atoms with Crippen LogP contribution in [0.3, 0.4) is 0 Å². The van der Waals surface area contributed by atoms with Crippen LogP contribution in [-0.2, 0) is 14.3 Å². The lowest BCUT2D eigenvalue weighted by molar-refractivity contribution is -0.184. The molecule has 2 rings (SSSR count). The van der Waals surface area contributed by atoms with E-state index in [2.05, 4.69) is 27.4 Å². The molecule has 0 aliphatic carbocycles. The van der Waals surface area contributed by atoms with Gasteiger partial charge in [-0.25, -0.2) is 0 Å². The lowest BCUT2D eigenvalue weighted by atomic mass is 9.77. The van der Waals surface area contributed by atoms with Crippen molar-refractivity contribution >= 4 is 5.97 Å². The Morgan fingerprint density at radius 1 is 1.27 bits per heavy atom. The van der Waals surface area contributed by atoms with Crippen molar-refractivity contribution in [2.75, 3.05) is 0 Å². The molecule has 8 atom stereocenters. The smallest absolute Gasteiger partial charge is 0.309 e. The number of carbonyl (C=O) groups excluding carboxylic acids is 1. The second-order valence-electron chi connectivity index (χ2n) is 9.38. The predicted octanol–water partition coefficient (Wildman–Crippen LogP) is 4.50. The van der Waals surface area contributed by atoms with Crippen molar-refractivity contribution in [3.8, 4) is 0 Å². The molecule has 150 valence electrons. The Kier molecular flexibility index (Phi) is 6.29. The number of rotatable bonds is 3. The SMILES string of the molecule is C=C1[C@@H](C)C[C@@H](C)C(=O)O[C@@H]([C@](C)(O)CCC)[C@@H](C)C2O[C@]1(C)CC2C. The van der Waals surface area contributed by atoms with Gasteiger partial charge in [-0.05, 0) is 50.5 Å². The third-order valence-electron chi connectivity index (χ3n) is 6.66. The van der Waals surface area contributed by atoms with Gasteiger partial charge < -0.3 is 14.6 Å². The van der Waals surface area contributed by atoms with Crippen molar-refractivity contribution < 1.29 is 19.4 Å². The van der Waals surface area contributed by atoms with Gasteiger partial charge in [0.2, 0.25) is 0 Å². The van der Waals surface area contributed by atoms with Gasteiger partial charge in [0.05, 0.1) is 23.2 Å². The molecule has 0 spiro atoms. The molecule has 0 aromatic heterocycles. The Labute approximate surface area is 159 Å². The topological polar surface area (TPSA) is 55.8 Å². The highest BCUT2D eigenvalue weighted by molar-refractivity contribution is 5.72. The number of ether oxygens (including phenoxy) is 2. The number of fused-ring (bicyclic) bond motifs is 2. The van der Waals surface area contributed by atoms with Crippen LogP contribution >= 0.6 is 0 Å². The second kappa shape index (κ2) is 7.63. The number of hydrogen-bond acceptors (Lipinski definition) is 4. The highest BCUT2D eigenvalue weighted by atomic mass is 16.6. The van der Waals surface area contributed by atoms with Crippen molar-refractivity contribution in [2.24, 2.45) is 23.7 Å². The third kappa shape index (κ3) is 4.01. The first-order chi connectivity index (χ1) is 11.9. The fourth-order valence-electron chi connectivity index (χ4n) is 5.18. The Balaban J connectivity index is 2.45. The summed E-state index contributed by atoms with van der Waals surface area (Å²) in [6.07, 6.45) is 2.37. The van der Waals surface area contributed by atoms with E-state index in [9.17, 15) is 9.90 Å². The predicted molar refractivity (Wildman–Crippen MR) is 104 cm³/mol. The van der Waals surface area contributed by atoms with Crippen LogP contribution in [0.25, 0.3) is 0 Å². The van der Waals surface area contributed by atoms with Crippen LogP contribution in [0.4, 0.5) is 0 Å². The number of aliphatic hydroxyl groups is 1. The van der Waals surface area contributed by atoms with Crippen LogP contribution in [0.5, 0.6) is 0 Å². The van der Waals surface area contributed by atoms with E-state index in [4.69, 9.17) is 9.47 Å². The zero-order chi connectivity index (χ0) is 19.9. The zero-order valence-corrected chi connectivity index (χ0v) is 17.7. The van der Waals surface area contributed by atoms with Crippen molar-refractivity contribution in [2.45, 2.75) is 97.6 Å². The van der Waals surface area contributed by atoms with Crippen molar-refractivity contribution in [3.05, 3.63) is 12.2 Å². The summed E-state index contributed by atoms with van der Waals surface area (Å²) in [6, 6.07) is 0. The Morgan fingerprint density at radius 2 is 1.88 bits per heavy atom. The largest absolute Gasteiger partial charge is 0.459 e. The number of hydrogen-bond donors (Lipinski definition) is 1. The number of esters is 1. The minimum Gasteiger partial charge on any atom is -0.459 e. The average Bonchev–Trinajstić information content (AvgIpc) is 2.85. The molecule has 4 nitrogen and oxygen atoms in total. The molecule has 0 saturated carbocycles. The monoisotopic (exact) mass is 366 g/mol. The average molecular weight is 367 g/mol. The summed E-state index contributed by atoms with van der Waals surface area (Å²) in [6.45, 7) is 18.5. The minimum absolute atomic E-state index is 0.0708. The van der Waals surface area contributed by atoms with Gasteiger partial charge in [-0.3, -0.25) is 4.79 Å². The van der Waals surface area contributed by atoms with E-state index in [0.717, 1.165) is 18.4 Å². The molecule has 0 radical (unpaired) electrons. The third-order valence-corrected chi connectivity index (χ3v) is 6.66. The van der Waals surface area contributed by atoms with E-state index >= 15 is 0 Å². The molecular weight excluding hydrogens is 328 g/mol. The first kappa shape index (κ1) is 21.4. The van der Waals surface area contributed by atoms with Crippen LogP contribution in [0.15, 0.2) is 12.2 Å². The first-order valence-electron chi connectivity index (χ1n) is 10.2. The van der Waals surface area contributed by atoms with Gasteiger partial charge in [-0.2, -0.15) is 0 Å². The molecule has 0 aromatic rings. The Hall–Kier alpha value is -0.870. The molecule has 2 unspecified atom stereocenters. The quantitative estimate of drug-likeness (QED) is 0.590. The molecule has 26 heavy (non-hydrogen) atoms. The highest BCUT2D eigenvalue weighted by Crippen LogP contribution is 2.47. The summed E-state index contributed by atoms with van der Waals surface area (Å²) in [7, 11) is 0. The lowest BCUT2D eigenvalue weighted by Crippen LogP contribution is -2.50. The molecule has 1 N–H and O–H groups in total. The molecule has 2 aliphatic rings. The Bertz CT molecular complexity index is 540. The molecule has 0 amide bonds. The van der Waals surface area contributed by atoms with E-state index in [1.54, 1.807) is 6.92 Å². The molecule has 2 saturated heterocycles. The van der Waals surface area contributed by atoms with Crippen LogP contribution in [0, 0.1) is 23.7 Å². The summed E-state index contributed by atoms with van der Waals surface area (Å²) in [5.41, 5.74) is -0.383. The van der Waals surface area contributed by atoms with E-state index in [0.29, 0.717) is 18.8 Å². The lowest BCUT2D eigenvalue weighted by Gasteiger charge is -2.39. The van der Waals surface area contributed by atoms with Gasteiger partial charge in [0.25, 0.3) is 0 Å². The van der Waals surface area contributed by atoms with Crippen molar-refractivity contribution in [1.29, 1.82) is 0 Å².